The molecule has 2 heterocycles. The van der Waals surface area contributed by atoms with E-state index in [1.807, 2.05) is 42.5 Å². The van der Waals surface area contributed by atoms with Gasteiger partial charge in [-0.3, -0.25) is 4.98 Å². The third kappa shape index (κ3) is 2.77. The first kappa shape index (κ1) is 13.4. The fourth-order valence-corrected chi connectivity index (χ4v) is 3.11. The zero-order chi connectivity index (χ0) is 13.9. The number of hydrogen-bond donors (Lipinski definition) is 1. The standard InChI is InChI=1S/C15H13ClN2OS/c16-15-6-5-14(20-15)13(9-17)19-11-4-3-10-2-1-7-18-12(10)8-11/h1-8,13H,9,17H2. The van der Waals surface area contributed by atoms with Gasteiger partial charge < -0.3 is 10.5 Å². The number of benzene rings is 1. The lowest BCUT2D eigenvalue weighted by Gasteiger charge is -2.16. The molecule has 3 nitrogen and oxygen atoms in total. The molecule has 0 bridgehead atoms. The smallest absolute Gasteiger partial charge is 0.145 e. The van der Waals surface area contributed by atoms with Crippen LogP contribution in [0.5, 0.6) is 5.75 Å². The second kappa shape index (κ2) is 5.79. The number of aromatic nitrogens is 1. The summed E-state index contributed by atoms with van der Waals surface area (Å²) in [6.07, 6.45) is 1.58. The Morgan fingerprint density at radius 1 is 1.25 bits per heavy atom. The minimum Gasteiger partial charge on any atom is -0.483 e. The summed E-state index contributed by atoms with van der Waals surface area (Å²) in [7, 11) is 0. The second-order valence-electron chi connectivity index (χ2n) is 4.34. The average molecular weight is 305 g/mol. The number of fused-ring (bicyclic) bond motifs is 1. The Labute approximate surface area is 126 Å². The zero-order valence-electron chi connectivity index (χ0n) is 10.6. The van der Waals surface area contributed by atoms with Crippen molar-refractivity contribution in [2.75, 3.05) is 6.54 Å². The first-order valence-electron chi connectivity index (χ1n) is 6.23. The van der Waals surface area contributed by atoms with Gasteiger partial charge in [-0.05, 0) is 30.3 Å². The fraction of sp³-hybridized carbons (Fsp3) is 0.133. The van der Waals surface area contributed by atoms with E-state index >= 15 is 0 Å². The number of ether oxygens (including phenoxy) is 1. The van der Waals surface area contributed by atoms with Gasteiger partial charge in [0, 0.05) is 29.1 Å². The monoisotopic (exact) mass is 304 g/mol. The maximum Gasteiger partial charge on any atom is 0.145 e. The van der Waals surface area contributed by atoms with Gasteiger partial charge in [-0.25, -0.2) is 0 Å². The Morgan fingerprint density at radius 2 is 2.15 bits per heavy atom. The van der Waals surface area contributed by atoms with E-state index in [1.165, 1.54) is 11.3 Å². The van der Waals surface area contributed by atoms with E-state index in [2.05, 4.69) is 4.98 Å². The lowest BCUT2D eigenvalue weighted by Crippen LogP contribution is -2.17. The molecular weight excluding hydrogens is 292 g/mol. The Balaban J connectivity index is 1.87. The molecule has 0 saturated carbocycles. The van der Waals surface area contributed by atoms with E-state index in [9.17, 15) is 0 Å². The lowest BCUT2D eigenvalue weighted by atomic mass is 10.2. The summed E-state index contributed by atoms with van der Waals surface area (Å²) in [6, 6.07) is 13.6. The second-order valence-corrected chi connectivity index (χ2v) is 6.09. The molecule has 3 rings (SSSR count). The Hall–Kier alpha value is -1.62. The summed E-state index contributed by atoms with van der Waals surface area (Å²) < 4.78 is 6.70. The minimum atomic E-state index is -0.186. The summed E-state index contributed by atoms with van der Waals surface area (Å²) in [6.45, 7) is 0.400. The molecule has 0 spiro atoms. The van der Waals surface area contributed by atoms with Crippen LogP contribution in [0.1, 0.15) is 11.0 Å². The normalized spacial score (nSPS) is 12.5. The first-order chi connectivity index (χ1) is 9.76. The number of nitrogens with two attached hydrogens (primary N) is 1. The van der Waals surface area contributed by atoms with Crippen LogP contribution in [0.2, 0.25) is 4.34 Å². The minimum absolute atomic E-state index is 0.186. The van der Waals surface area contributed by atoms with Gasteiger partial charge in [-0.1, -0.05) is 17.7 Å². The van der Waals surface area contributed by atoms with Crippen molar-refractivity contribution in [1.29, 1.82) is 0 Å². The number of rotatable bonds is 4. The molecule has 1 atom stereocenters. The van der Waals surface area contributed by atoms with Crippen LogP contribution in [0.3, 0.4) is 0 Å². The van der Waals surface area contributed by atoms with Crippen molar-refractivity contribution in [3.8, 4) is 5.75 Å². The van der Waals surface area contributed by atoms with Gasteiger partial charge in [-0.2, -0.15) is 0 Å². The van der Waals surface area contributed by atoms with Crippen LogP contribution in [0.4, 0.5) is 0 Å². The maximum absolute atomic E-state index is 5.96. The van der Waals surface area contributed by atoms with Crippen LogP contribution >= 0.6 is 22.9 Å². The molecule has 2 N–H and O–H groups in total. The van der Waals surface area contributed by atoms with Crippen molar-refractivity contribution >= 4 is 33.8 Å². The molecular formula is C15H13ClN2OS. The predicted molar refractivity (Wildman–Crippen MR) is 83.5 cm³/mol. The number of thiophene rings is 1. The first-order valence-corrected chi connectivity index (χ1v) is 7.42. The Kier molecular flexibility index (Phi) is 3.87. The van der Waals surface area contributed by atoms with Crippen molar-refractivity contribution in [3.63, 3.8) is 0 Å². The highest BCUT2D eigenvalue weighted by Gasteiger charge is 2.14. The van der Waals surface area contributed by atoms with E-state index in [0.29, 0.717) is 6.54 Å². The number of nitrogens with zero attached hydrogens (tertiary/aromatic N) is 1. The van der Waals surface area contributed by atoms with E-state index in [0.717, 1.165) is 25.9 Å². The van der Waals surface area contributed by atoms with Crippen LogP contribution in [-0.2, 0) is 0 Å². The molecule has 20 heavy (non-hydrogen) atoms. The molecule has 0 aliphatic heterocycles. The van der Waals surface area contributed by atoms with Gasteiger partial charge in [0.15, 0.2) is 0 Å². The maximum atomic E-state index is 5.96. The summed E-state index contributed by atoms with van der Waals surface area (Å²) in [5.41, 5.74) is 6.70. The zero-order valence-corrected chi connectivity index (χ0v) is 12.2. The molecule has 5 heteroatoms. The van der Waals surface area contributed by atoms with Gasteiger partial charge in [0.2, 0.25) is 0 Å². The van der Waals surface area contributed by atoms with E-state index in [1.54, 1.807) is 6.20 Å². The molecule has 0 saturated heterocycles. The highest BCUT2D eigenvalue weighted by atomic mass is 35.5. The molecule has 0 aliphatic carbocycles. The van der Waals surface area contributed by atoms with Gasteiger partial charge >= 0.3 is 0 Å². The van der Waals surface area contributed by atoms with Crippen LogP contribution in [0.15, 0.2) is 48.7 Å². The van der Waals surface area contributed by atoms with Gasteiger partial charge in [0.1, 0.15) is 11.9 Å². The van der Waals surface area contributed by atoms with Crippen molar-refractivity contribution in [2.24, 2.45) is 5.73 Å². The summed E-state index contributed by atoms with van der Waals surface area (Å²) >= 11 is 7.44. The lowest BCUT2D eigenvalue weighted by molar-refractivity contribution is 0.218. The molecule has 0 fully saturated rings. The van der Waals surface area contributed by atoms with Crippen LogP contribution < -0.4 is 10.5 Å². The van der Waals surface area contributed by atoms with Crippen LogP contribution in [0, 0.1) is 0 Å². The highest BCUT2D eigenvalue weighted by Crippen LogP contribution is 2.30. The highest BCUT2D eigenvalue weighted by molar-refractivity contribution is 7.16. The fourth-order valence-electron chi connectivity index (χ4n) is 2.01. The van der Waals surface area contributed by atoms with Crippen LogP contribution in [0.25, 0.3) is 10.9 Å². The summed E-state index contributed by atoms with van der Waals surface area (Å²) in [4.78, 5) is 5.35. The molecule has 2 aromatic heterocycles. The largest absolute Gasteiger partial charge is 0.483 e. The molecule has 0 amide bonds. The van der Waals surface area contributed by atoms with E-state index < -0.39 is 0 Å². The summed E-state index contributed by atoms with van der Waals surface area (Å²) in [5, 5.41) is 1.09. The third-order valence-corrected chi connectivity index (χ3v) is 4.30. The number of halogens is 1. The molecule has 0 radical (unpaired) electrons. The quantitative estimate of drug-likeness (QED) is 0.791. The average Bonchev–Trinajstić information content (AvgIpc) is 2.91. The van der Waals surface area contributed by atoms with Gasteiger partial charge in [-0.15, -0.1) is 11.3 Å². The van der Waals surface area contributed by atoms with Gasteiger partial charge in [0.05, 0.1) is 9.85 Å². The van der Waals surface area contributed by atoms with Crippen molar-refractivity contribution < 1.29 is 4.74 Å². The molecule has 1 unspecified atom stereocenters. The van der Waals surface area contributed by atoms with Crippen molar-refractivity contribution in [2.45, 2.75) is 6.10 Å². The number of hydrogen-bond acceptors (Lipinski definition) is 4. The Bertz CT molecular complexity index is 728. The number of pyridine rings is 1. The molecule has 0 aliphatic rings. The third-order valence-electron chi connectivity index (χ3n) is 2.98. The van der Waals surface area contributed by atoms with Crippen molar-refractivity contribution in [1.82, 2.24) is 4.98 Å². The molecule has 1 aromatic carbocycles. The van der Waals surface area contributed by atoms with Gasteiger partial charge in [0.25, 0.3) is 0 Å². The van der Waals surface area contributed by atoms with E-state index in [4.69, 9.17) is 22.1 Å². The summed E-state index contributed by atoms with van der Waals surface area (Å²) in [5.74, 6) is 0.760. The van der Waals surface area contributed by atoms with E-state index in [-0.39, 0.29) is 6.10 Å². The topological polar surface area (TPSA) is 48.1 Å². The Morgan fingerprint density at radius 3 is 2.90 bits per heavy atom. The van der Waals surface area contributed by atoms with Crippen LogP contribution in [-0.4, -0.2) is 11.5 Å². The predicted octanol–water partition coefficient (Wildman–Crippen LogP) is 4.03. The van der Waals surface area contributed by atoms with Crippen molar-refractivity contribution in [3.05, 3.63) is 57.9 Å². The molecule has 3 aromatic rings. The SMILES string of the molecule is NCC(Oc1ccc2cccnc2c1)c1ccc(Cl)s1. The molecule has 102 valence electrons.